The molecule has 0 aliphatic carbocycles. The van der Waals surface area contributed by atoms with Crippen LogP contribution in [0.5, 0.6) is 11.5 Å². The SMILES string of the molecule is CCOC(=O)C1=C(COc2ccc(C(C)=O)cc2)N(C)C(=O)N[C@H]1c1ccccc1OC. The van der Waals surface area contributed by atoms with Crippen LogP contribution in [0.3, 0.4) is 0 Å². The zero-order valence-electron chi connectivity index (χ0n) is 18.5. The Morgan fingerprint density at radius 2 is 1.78 bits per heavy atom. The van der Waals surface area contributed by atoms with Gasteiger partial charge in [-0.2, -0.15) is 0 Å². The van der Waals surface area contributed by atoms with Gasteiger partial charge in [-0.15, -0.1) is 0 Å². The molecule has 0 unspecified atom stereocenters. The lowest BCUT2D eigenvalue weighted by atomic mass is 9.94. The summed E-state index contributed by atoms with van der Waals surface area (Å²) in [6.45, 7) is 3.33. The molecule has 168 valence electrons. The van der Waals surface area contributed by atoms with Crippen molar-refractivity contribution in [2.75, 3.05) is 27.4 Å². The average molecular weight is 438 g/mol. The van der Waals surface area contributed by atoms with Crippen molar-refractivity contribution in [3.63, 3.8) is 0 Å². The molecule has 1 aliphatic rings. The van der Waals surface area contributed by atoms with E-state index >= 15 is 0 Å². The van der Waals surface area contributed by atoms with Crippen LogP contribution in [0.15, 0.2) is 59.8 Å². The molecule has 2 aromatic rings. The minimum atomic E-state index is -0.771. The first kappa shape index (κ1) is 22.9. The van der Waals surface area contributed by atoms with E-state index in [-0.39, 0.29) is 30.6 Å². The number of nitrogens with one attached hydrogen (secondary N) is 1. The van der Waals surface area contributed by atoms with Crippen LogP contribution < -0.4 is 14.8 Å². The van der Waals surface area contributed by atoms with Crippen LogP contribution in [0, 0.1) is 0 Å². The molecule has 3 rings (SSSR count). The van der Waals surface area contributed by atoms with Crippen molar-refractivity contribution in [3.8, 4) is 11.5 Å². The van der Waals surface area contributed by atoms with Crippen molar-refractivity contribution >= 4 is 17.8 Å². The summed E-state index contributed by atoms with van der Waals surface area (Å²) in [6.07, 6.45) is 0. The Morgan fingerprint density at radius 3 is 2.41 bits per heavy atom. The molecular formula is C24H26N2O6. The summed E-state index contributed by atoms with van der Waals surface area (Å²) in [5.74, 6) is 0.427. The zero-order chi connectivity index (χ0) is 23.3. The number of nitrogens with zero attached hydrogens (tertiary/aromatic N) is 1. The third-order valence-electron chi connectivity index (χ3n) is 5.16. The number of para-hydroxylation sites is 1. The van der Waals surface area contributed by atoms with Gasteiger partial charge in [-0.25, -0.2) is 9.59 Å². The van der Waals surface area contributed by atoms with Crippen LogP contribution in [-0.4, -0.2) is 50.1 Å². The summed E-state index contributed by atoms with van der Waals surface area (Å²) in [7, 11) is 3.09. The van der Waals surface area contributed by atoms with Crippen LogP contribution in [-0.2, 0) is 9.53 Å². The van der Waals surface area contributed by atoms with Crippen molar-refractivity contribution in [2.45, 2.75) is 19.9 Å². The van der Waals surface area contributed by atoms with E-state index in [1.807, 2.05) is 6.07 Å². The van der Waals surface area contributed by atoms with E-state index in [4.69, 9.17) is 14.2 Å². The molecule has 0 saturated carbocycles. The van der Waals surface area contributed by atoms with Gasteiger partial charge in [-0.1, -0.05) is 18.2 Å². The normalized spacial score (nSPS) is 15.8. The van der Waals surface area contributed by atoms with E-state index < -0.39 is 12.0 Å². The van der Waals surface area contributed by atoms with Gasteiger partial charge in [0.2, 0.25) is 0 Å². The lowest BCUT2D eigenvalue weighted by molar-refractivity contribution is -0.139. The molecule has 2 aromatic carbocycles. The van der Waals surface area contributed by atoms with Gasteiger partial charge in [0, 0.05) is 18.2 Å². The second-order valence-corrected chi connectivity index (χ2v) is 7.13. The summed E-state index contributed by atoms with van der Waals surface area (Å²) in [6, 6.07) is 12.7. The standard InChI is InChI=1S/C24H26N2O6/c1-5-31-23(28)21-19(14-32-17-12-10-16(11-13-17)15(2)27)26(3)24(29)25-22(21)18-8-6-7-9-20(18)30-4/h6-13,22H,5,14H2,1-4H3,(H,25,29)/t22-/m0/s1. The topological polar surface area (TPSA) is 94.2 Å². The summed E-state index contributed by atoms with van der Waals surface area (Å²) < 4.78 is 16.6. The number of hydrogen-bond donors (Lipinski definition) is 1. The summed E-state index contributed by atoms with van der Waals surface area (Å²) in [5, 5.41) is 2.85. The number of amides is 2. The lowest BCUT2D eigenvalue weighted by Crippen LogP contribution is -2.48. The average Bonchev–Trinajstić information content (AvgIpc) is 2.80. The number of benzene rings is 2. The van der Waals surface area contributed by atoms with Crippen molar-refractivity contribution < 1.29 is 28.6 Å². The molecule has 8 heteroatoms. The van der Waals surface area contributed by atoms with Crippen LogP contribution in [0.2, 0.25) is 0 Å². The predicted octanol–water partition coefficient (Wildman–Crippen LogP) is 3.49. The van der Waals surface area contributed by atoms with Crippen LogP contribution in [0.25, 0.3) is 0 Å². The molecule has 32 heavy (non-hydrogen) atoms. The van der Waals surface area contributed by atoms with Gasteiger partial charge >= 0.3 is 12.0 Å². The molecule has 0 aromatic heterocycles. The largest absolute Gasteiger partial charge is 0.496 e. The van der Waals surface area contributed by atoms with E-state index in [1.54, 1.807) is 56.4 Å². The highest BCUT2D eigenvalue weighted by Gasteiger charge is 2.38. The molecule has 2 amide bonds. The molecule has 0 saturated heterocycles. The number of likely N-dealkylation sites (N-methyl/N-ethyl adjacent to an activating group) is 1. The monoisotopic (exact) mass is 438 g/mol. The maximum Gasteiger partial charge on any atom is 0.338 e. The molecule has 8 nitrogen and oxygen atoms in total. The number of ether oxygens (including phenoxy) is 3. The van der Waals surface area contributed by atoms with E-state index in [0.29, 0.717) is 28.3 Å². The fraction of sp³-hybridized carbons (Fsp3) is 0.292. The fourth-order valence-corrected chi connectivity index (χ4v) is 3.46. The second-order valence-electron chi connectivity index (χ2n) is 7.13. The molecule has 1 aliphatic heterocycles. The van der Waals surface area contributed by atoms with Gasteiger partial charge in [-0.05, 0) is 44.2 Å². The van der Waals surface area contributed by atoms with Gasteiger partial charge in [0.25, 0.3) is 0 Å². The second kappa shape index (κ2) is 10.00. The quantitative estimate of drug-likeness (QED) is 0.501. The van der Waals surface area contributed by atoms with Gasteiger partial charge in [0.05, 0.1) is 31.0 Å². The zero-order valence-corrected chi connectivity index (χ0v) is 18.5. The first-order chi connectivity index (χ1) is 15.4. The van der Waals surface area contributed by atoms with Crippen molar-refractivity contribution in [3.05, 3.63) is 70.9 Å². The minimum absolute atomic E-state index is 0.0489. The number of esters is 1. The van der Waals surface area contributed by atoms with E-state index in [1.165, 1.54) is 18.9 Å². The van der Waals surface area contributed by atoms with Crippen molar-refractivity contribution in [2.24, 2.45) is 0 Å². The number of carbonyl (C=O) groups is 3. The minimum Gasteiger partial charge on any atom is -0.496 e. The lowest BCUT2D eigenvalue weighted by Gasteiger charge is -2.34. The maximum absolute atomic E-state index is 13.0. The number of urea groups is 1. The Bertz CT molecular complexity index is 1040. The molecule has 0 fully saturated rings. The highest BCUT2D eigenvalue weighted by Crippen LogP contribution is 2.35. The molecule has 1 N–H and O–H groups in total. The Balaban J connectivity index is 2.02. The number of rotatable bonds is 8. The third-order valence-corrected chi connectivity index (χ3v) is 5.16. The predicted molar refractivity (Wildman–Crippen MR) is 118 cm³/mol. The third kappa shape index (κ3) is 4.74. The van der Waals surface area contributed by atoms with Gasteiger partial charge in [0.1, 0.15) is 18.1 Å². The summed E-state index contributed by atoms with van der Waals surface area (Å²) in [4.78, 5) is 38.5. The number of hydrogen-bond acceptors (Lipinski definition) is 6. The number of Topliss-reactive ketones (excluding diaryl/α,β-unsaturated/α-hetero) is 1. The Labute approximate surface area is 186 Å². The summed E-state index contributed by atoms with van der Waals surface area (Å²) >= 11 is 0. The van der Waals surface area contributed by atoms with Crippen molar-refractivity contribution in [1.29, 1.82) is 0 Å². The van der Waals surface area contributed by atoms with E-state index in [2.05, 4.69) is 5.32 Å². The van der Waals surface area contributed by atoms with Crippen molar-refractivity contribution in [1.82, 2.24) is 10.2 Å². The van der Waals surface area contributed by atoms with Gasteiger partial charge < -0.3 is 19.5 Å². The molecule has 0 spiro atoms. The highest BCUT2D eigenvalue weighted by atomic mass is 16.5. The first-order valence-corrected chi connectivity index (χ1v) is 10.2. The Hall–Kier alpha value is -3.81. The fourth-order valence-electron chi connectivity index (χ4n) is 3.46. The molecule has 0 radical (unpaired) electrons. The maximum atomic E-state index is 13.0. The molecular weight excluding hydrogens is 412 g/mol. The number of methoxy groups -OCH3 is 1. The van der Waals surface area contributed by atoms with Crippen LogP contribution in [0.1, 0.15) is 35.8 Å². The first-order valence-electron chi connectivity index (χ1n) is 10.2. The molecule has 1 heterocycles. The van der Waals surface area contributed by atoms with Crippen LogP contribution in [0.4, 0.5) is 4.79 Å². The Kier molecular flexibility index (Phi) is 7.14. The molecule has 1 atom stereocenters. The number of ketones is 1. The molecule has 0 bridgehead atoms. The van der Waals surface area contributed by atoms with E-state index in [0.717, 1.165) is 0 Å². The number of carbonyl (C=O) groups excluding carboxylic acids is 3. The smallest absolute Gasteiger partial charge is 0.338 e. The van der Waals surface area contributed by atoms with E-state index in [9.17, 15) is 14.4 Å². The highest BCUT2D eigenvalue weighted by molar-refractivity contribution is 5.95. The van der Waals surface area contributed by atoms with Gasteiger partial charge in [0.15, 0.2) is 5.78 Å². The van der Waals surface area contributed by atoms with Crippen LogP contribution >= 0.6 is 0 Å². The van der Waals surface area contributed by atoms with Gasteiger partial charge in [-0.3, -0.25) is 9.69 Å². The Morgan fingerprint density at radius 1 is 1.09 bits per heavy atom. The summed E-state index contributed by atoms with van der Waals surface area (Å²) in [5.41, 5.74) is 1.83.